The molecule has 136 valence electrons. The van der Waals surface area contributed by atoms with Crippen LogP contribution in [0.25, 0.3) is 17.1 Å². The highest BCUT2D eigenvalue weighted by molar-refractivity contribution is 7.99. The lowest BCUT2D eigenvalue weighted by Crippen LogP contribution is -2.33. The first-order valence-corrected chi connectivity index (χ1v) is 9.68. The number of benzene rings is 1. The minimum absolute atomic E-state index is 0.0523. The van der Waals surface area contributed by atoms with Crippen molar-refractivity contribution in [3.05, 3.63) is 47.7 Å². The van der Waals surface area contributed by atoms with E-state index in [-0.39, 0.29) is 17.5 Å². The molecule has 27 heavy (non-hydrogen) atoms. The highest BCUT2D eigenvalue weighted by atomic mass is 32.2. The molecule has 0 radical (unpaired) electrons. The van der Waals surface area contributed by atoms with Crippen molar-refractivity contribution in [2.45, 2.75) is 42.0 Å². The summed E-state index contributed by atoms with van der Waals surface area (Å²) >= 11 is 1.36. The standard InChI is InChI=1S/C20H18N4O2S/c21-12-13(19(25)22-14-5-1-2-6-14)11-15-9-10-18(26-15)27-20-23-16-7-3-4-8-17(16)24-20/h3-4,7-11,14H,1-2,5-6H2,(H,22,25)(H,23,24)/b13-11-. The number of nitrogens with one attached hydrogen (secondary N) is 2. The summed E-state index contributed by atoms with van der Waals surface area (Å²) in [5.41, 5.74) is 1.90. The Morgan fingerprint density at radius 1 is 1.30 bits per heavy atom. The monoisotopic (exact) mass is 378 g/mol. The van der Waals surface area contributed by atoms with Gasteiger partial charge in [-0.15, -0.1) is 0 Å². The summed E-state index contributed by atoms with van der Waals surface area (Å²) in [4.78, 5) is 20.0. The summed E-state index contributed by atoms with van der Waals surface area (Å²) in [6, 6.07) is 13.5. The maximum atomic E-state index is 12.3. The third kappa shape index (κ3) is 4.07. The molecule has 1 saturated carbocycles. The highest BCUT2D eigenvalue weighted by Gasteiger charge is 2.19. The first-order valence-electron chi connectivity index (χ1n) is 8.86. The van der Waals surface area contributed by atoms with E-state index in [9.17, 15) is 10.1 Å². The number of H-pyrrole nitrogens is 1. The summed E-state index contributed by atoms with van der Waals surface area (Å²) in [5, 5.41) is 13.6. The van der Waals surface area contributed by atoms with Gasteiger partial charge in [-0.1, -0.05) is 25.0 Å². The largest absolute Gasteiger partial charge is 0.450 e. The number of nitriles is 1. The Morgan fingerprint density at radius 3 is 2.89 bits per heavy atom. The number of fused-ring (bicyclic) bond motifs is 1. The number of nitrogens with zero attached hydrogens (tertiary/aromatic N) is 2. The summed E-state index contributed by atoms with van der Waals surface area (Å²) < 4.78 is 5.73. The van der Waals surface area contributed by atoms with Gasteiger partial charge in [0, 0.05) is 12.1 Å². The summed E-state index contributed by atoms with van der Waals surface area (Å²) in [6.45, 7) is 0. The number of para-hydroxylation sites is 2. The van der Waals surface area contributed by atoms with Crippen LogP contribution in [0.2, 0.25) is 0 Å². The molecule has 2 aromatic heterocycles. The quantitative estimate of drug-likeness (QED) is 0.511. The van der Waals surface area contributed by atoms with Gasteiger partial charge in [-0.2, -0.15) is 5.26 Å². The molecular weight excluding hydrogens is 360 g/mol. The van der Waals surface area contributed by atoms with Crippen molar-refractivity contribution in [3.63, 3.8) is 0 Å². The van der Waals surface area contributed by atoms with Crippen LogP contribution in [0, 0.1) is 11.3 Å². The van der Waals surface area contributed by atoms with Crippen molar-refractivity contribution < 1.29 is 9.21 Å². The Balaban J connectivity index is 1.46. The normalized spacial score (nSPS) is 15.1. The maximum absolute atomic E-state index is 12.3. The molecule has 1 amide bonds. The molecule has 1 aromatic carbocycles. The molecule has 3 aromatic rings. The summed E-state index contributed by atoms with van der Waals surface area (Å²) in [6.07, 6.45) is 5.67. The second kappa shape index (κ2) is 7.72. The van der Waals surface area contributed by atoms with E-state index < -0.39 is 0 Å². The van der Waals surface area contributed by atoms with Crippen LogP contribution in [0.15, 0.2) is 56.6 Å². The van der Waals surface area contributed by atoms with Crippen LogP contribution >= 0.6 is 11.8 Å². The second-order valence-electron chi connectivity index (χ2n) is 6.44. The first-order chi connectivity index (χ1) is 13.2. The van der Waals surface area contributed by atoms with E-state index in [2.05, 4.69) is 15.3 Å². The predicted molar refractivity (Wildman–Crippen MR) is 103 cm³/mol. The number of amides is 1. The Bertz CT molecular complexity index is 1000. The smallest absolute Gasteiger partial charge is 0.262 e. The van der Waals surface area contributed by atoms with Gasteiger partial charge in [0.1, 0.15) is 17.4 Å². The molecule has 0 atom stereocenters. The Labute approximate surface area is 160 Å². The number of furan rings is 1. The first kappa shape index (κ1) is 17.4. The van der Waals surface area contributed by atoms with Crippen LogP contribution in [-0.4, -0.2) is 21.9 Å². The molecule has 4 rings (SSSR count). The zero-order valence-corrected chi connectivity index (χ0v) is 15.4. The molecule has 2 N–H and O–H groups in total. The van der Waals surface area contributed by atoms with Crippen molar-refractivity contribution in [1.29, 1.82) is 5.26 Å². The third-order valence-corrected chi connectivity index (χ3v) is 5.32. The minimum Gasteiger partial charge on any atom is -0.450 e. The predicted octanol–water partition coefficient (Wildman–Crippen LogP) is 4.27. The van der Waals surface area contributed by atoms with Gasteiger partial charge < -0.3 is 14.7 Å². The molecule has 1 fully saturated rings. The SMILES string of the molecule is N#C/C(=C/c1ccc(Sc2nc3ccccc3[nH]2)o1)C(=O)NC1CCCC1. The molecule has 0 saturated heterocycles. The topological polar surface area (TPSA) is 94.7 Å². The molecule has 2 heterocycles. The molecule has 0 spiro atoms. The van der Waals surface area contributed by atoms with Crippen LogP contribution in [-0.2, 0) is 4.79 Å². The highest BCUT2D eigenvalue weighted by Crippen LogP contribution is 2.29. The fourth-order valence-corrected chi connectivity index (χ4v) is 3.93. The lowest BCUT2D eigenvalue weighted by atomic mass is 10.2. The Hall–Kier alpha value is -2.98. The van der Waals surface area contributed by atoms with Crippen LogP contribution in [0.4, 0.5) is 0 Å². The molecule has 6 nitrogen and oxygen atoms in total. The van der Waals surface area contributed by atoms with Crippen molar-refractivity contribution >= 4 is 34.8 Å². The van der Waals surface area contributed by atoms with E-state index in [1.165, 1.54) is 17.8 Å². The van der Waals surface area contributed by atoms with Crippen molar-refractivity contribution in [2.75, 3.05) is 0 Å². The number of carbonyl (C=O) groups excluding carboxylic acids is 1. The number of imidazole rings is 1. The average molecular weight is 378 g/mol. The van der Waals surface area contributed by atoms with E-state index in [0.717, 1.165) is 41.9 Å². The maximum Gasteiger partial charge on any atom is 0.262 e. The van der Waals surface area contributed by atoms with Gasteiger partial charge in [0.15, 0.2) is 10.2 Å². The van der Waals surface area contributed by atoms with Crippen molar-refractivity contribution in [1.82, 2.24) is 15.3 Å². The van der Waals surface area contributed by atoms with E-state index in [0.29, 0.717) is 10.9 Å². The number of hydrogen-bond donors (Lipinski definition) is 2. The Morgan fingerprint density at radius 2 is 2.11 bits per heavy atom. The second-order valence-corrected chi connectivity index (χ2v) is 7.44. The molecular formula is C20H18N4O2S. The van der Waals surface area contributed by atoms with Crippen LogP contribution in [0.3, 0.4) is 0 Å². The molecule has 7 heteroatoms. The average Bonchev–Trinajstić information content (AvgIpc) is 3.40. The van der Waals surface area contributed by atoms with Crippen LogP contribution < -0.4 is 5.32 Å². The van der Waals surface area contributed by atoms with Crippen LogP contribution in [0.1, 0.15) is 31.4 Å². The van der Waals surface area contributed by atoms with Crippen molar-refractivity contribution in [3.8, 4) is 6.07 Å². The number of aromatic amines is 1. The zero-order valence-electron chi connectivity index (χ0n) is 14.6. The Kier molecular flexibility index (Phi) is 4.99. The van der Waals surface area contributed by atoms with Gasteiger partial charge >= 0.3 is 0 Å². The number of rotatable bonds is 5. The van der Waals surface area contributed by atoms with E-state index in [4.69, 9.17) is 4.42 Å². The number of aromatic nitrogens is 2. The lowest BCUT2D eigenvalue weighted by Gasteiger charge is -2.10. The third-order valence-electron chi connectivity index (χ3n) is 4.51. The van der Waals surface area contributed by atoms with Gasteiger partial charge in [-0.25, -0.2) is 4.98 Å². The van der Waals surface area contributed by atoms with Gasteiger partial charge in [0.05, 0.1) is 11.0 Å². The number of carbonyl (C=O) groups is 1. The molecule has 1 aliphatic rings. The van der Waals surface area contributed by atoms with E-state index >= 15 is 0 Å². The lowest BCUT2D eigenvalue weighted by molar-refractivity contribution is -0.117. The van der Waals surface area contributed by atoms with E-state index in [1.54, 1.807) is 12.1 Å². The molecule has 1 aliphatic carbocycles. The fraction of sp³-hybridized carbons (Fsp3) is 0.250. The van der Waals surface area contributed by atoms with E-state index in [1.807, 2.05) is 30.3 Å². The minimum atomic E-state index is -0.340. The number of hydrogen-bond acceptors (Lipinski definition) is 5. The molecule has 0 bridgehead atoms. The van der Waals surface area contributed by atoms with Crippen molar-refractivity contribution in [2.24, 2.45) is 0 Å². The fourth-order valence-electron chi connectivity index (χ4n) is 3.16. The van der Waals surface area contributed by atoms with Gasteiger partial charge in [-0.05, 0) is 48.9 Å². The summed E-state index contributed by atoms with van der Waals surface area (Å²) in [7, 11) is 0. The van der Waals surface area contributed by atoms with Gasteiger partial charge in [-0.3, -0.25) is 4.79 Å². The zero-order chi connectivity index (χ0) is 18.6. The van der Waals surface area contributed by atoms with Gasteiger partial charge in [0.25, 0.3) is 5.91 Å². The molecule has 0 unspecified atom stereocenters. The summed E-state index contributed by atoms with van der Waals surface area (Å²) in [5.74, 6) is 0.124. The van der Waals surface area contributed by atoms with Gasteiger partial charge in [0.2, 0.25) is 0 Å². The molecule has 0 aliphatic heterocycles. The van der Waals surface area contributed by atoms with Crippen LogP contribution in [0.5, 0.6) is 0 Å².